The summed E-state index contributed by atoms with van der Waals surface area (Å²) in [5.74, 6) is 0.0506. The first-order valence-electron chi connectivity index (χ1n) is 16.0. The SMILES string of the molecule is C=CCO[C@@H]1C[C@H](NC[C@H](O)[C@H](Cc2cc(Cl)cc(Cl)c2)NC(=O)[C@H](CC=C)N(C)C(=O)[C@@H](C)CCCC)c2cc(OC)ccc21. The number of nitrogens with zero attached hydrogens (tertiary/aromatic N) is 1. The van der Waals surface area contributed by atoms with Crippen molar-refractivity contribution in [3.63, 3.8) is 0 Å². The smallest absolute Gasteiger partial charge is 0.243 e. The fraction of sp³-hybridized carbons (Fsp3) is 0.500. The van der Waals surface area contributed by atoms with Crippen molar-refractivity contribution in [3.05, 3.63) is 88.4 Å². The molecule has 0 unspecified atom stereocenters. The molecular weight excluding hydrogens is 625 g/mol. The van der Waals surface area contributed by atoms with E-state index in [0.717, 1.165) is 41.7 Å². The Kier molecular flexibility index (Phi) is 15.1. The molecule has 2 aromatic carbocycles. The van der Waals surface area contributed by atoms with E-state index in [-0.39, 0.29) is 49.3 Å². The van der Waals surface area contributed by atoms with Gasteiger partial charge < -0.3 is 30.1 Å². The van der Waals surface area contributed by atoms with Crippen molar-refractivity contribution in [2.75, 3.05) is 27.3 Å². The number of fused-ring (bicyclic) bond motifs is 1. The second-order valence-electron chi connectivity index (χ2n) is 12.0. The summed E-state index contributed by atoms with van der Waals surface area (Å²) in [5, 5.41) is 19.1. The lowest BCUT2D eigenvalue weighted by atomic mass is 9.98. The van der Waals surface area contributed by atoms with Gasteiger partial charge in [-0.25, -0.2) is 0 Å². The van der Waals surface area contributed by atoms with Crippen molar-refractivity contribution in [2.24, 2.45) is 5.92 Å². The molecule has 10 heteroatoms. The number of carbonyl (C=O) groups is 2. The number of carbonyl (C=O) groups excluding carboxylic acids is 2. The van der Waals surface area contributed by atoms with Gasteiger partial charge >= 0.3 is 0 Å². The highest BCUT2D eigenvalue weighted by atomic mass is 35.5. The first kappa shape index (κ1) is 37.6. The number of methoxy groups -OCH3 is 1. The van der Waals surface area contributed by atoms with Gasteiger partial charge in [0.05, 0.1) is 32.0 Å². The Bertz CT molecular complexity index is 1320. The fourth-order valence-corrected chi connectivity index (χ4v) is 6.53. The van der Waals surface area contributed by atoms with Crippen molar-refractivity contribution < 1.29 is 24.2 Å². The Hall–Kier alpha value is -2.88. The number of aliphatic hydroxyl groups excluding tert-OH is 1. The number of aliphatic hydroxyl groups is 1. The van der Waals surface area contributed by atoms with E-state index < -0.39 is 18.2 Å². The average molecular weight is 675 g/mol. The molecule has 0 fully saturated rings. The number of unbranched alkanes of at least 4 members (excludes halogenated alkanes) is 1. The third-order valence-electron chi connectivity index (χ3n) is 8.54. The van der Waals surface area contributed by atoms with Gasteiger partial charge in [-0.1, -0.05) is 68.1 Å². The molecule has 0 aromatic heterocycles. The van der Waals surface area contributed by atoms with Crippen molar-refractivity contribution in [2.45, 2.75) is 82.7 Å². The van der Waals surface area contributed by atoms with Gasteiger partial charge in [0.25, 0.3) is 0 Å². The average Bonchev–Trinajstić information content (AvgIpc) is 3.38. The number of amides is 2. The molecule has 46 heavy (non-hydrogen) atoms. The molecule has 6 atom stereocenters. The van der Waals surface area contributed by atoms with Crippen LogP contribution in [0.15, 0.2) is 61.7 Å². The lowest BCUT2D eigenvalue weighted by molar-refractivity contribution is -0.142. The number of rotatable bonds is 19. The normalized spacial score (nSPS) is 18.2. The number of nitrogens with one attached hydrogen (secondary N) is 2. The molecule has 252 valence electrons. The largest absolute Gasteiger partial charge is 0.497 e. The van der Waals surface area contributed by atoms with E-state index in [4.69, 9.17) is 32.7 Å². The van der Waals surface area contributed by atoms with Crippen LogP contribution in [0.25, 0.3) is 0 Å². The standard InChI is InChI=1S/C36H49Cl2N3O5/c1-7-10-12-23(4)36(44)41(5)32(11-8-2)35(43)40-31(18-24-16-25(37)19-26(38)17-24)33(42)22-39-30-21-34(46-15-9-3)28-14-13-27(45-6)20-29(28)30/h8-9,13-14,16-17,19-20,23,30-34,39,42H,2-3,7,10-12,15,18,21-22H2,1,4-6H3,(H,40,43)/t23-,30-,31-,32-,33-,34+/m0/s1. The molecule has 2 amide bonds. The molecule has 0 bridgehead atoms. The summed E-state index contributed by atoms with van der Waals surface area (Å²) in [7, 11) is 3.28. The predicted octanol–water partition coefficient (Wildman–Crippen LogP) is 6.60. The molecule has 3 N–H and O–H groups in total. The van der Waals surface area contributed by atoms with Gasteiger partial charge in [0.1, 0.15) is 11.8 Å². The van der Waals surface area contributed by atoms with Gasteiger partial charge in [0, 0.05) is 35.6 Å². The van der Waals surface area contributed by atoms with E-state index in [1.54, 1.807) is 44.5 Å². The Labute approximate surface area is 284 Å². The van der Waals surface area contributed by atoms with E-state index in [1.807, 2.05) is 25.1 Å². The third kappa shape index (κ3) is 10.3. The minimum atomic E-state index is -1.00. The monoisotopic (exact) mass is 673 g/mol. The van der Waals surface area contributed by atoms with Crippen LogP contribution >= 0.6 is 23.2 Å². The van der Waals surface area contributed by atoms with Gasteiger partial charge in [-0.15, -0.1) is 13.2 Å². The van der Waals surface area contributed by atoms with E-state index in [0.29, 0.717) is 23.1 Å². The van der Waals surface area contributed by atoms with Crippen LogP contribution in [-0.2, 0) is 20.7 Å². The van der Waals surface area contributed by atoms with E-state index in [2.05, 4.69) is 30.7 Å². The minimum Gasteiger partial charge on any atom is -0.497 e. The van der Waals surface area contributed by atoms with Crippen LogP contribution in [0.3, 0.4) is 0 Å². The molecule has 2 aromatic rings. The number of benzene rings is 2. The summed E-state index contributed by atoms with van der Waals surface area (Å²) in [4.78, 5) is 28.6. The van der Waals surface area contributed by atoms with E-state index in [9.17, 15) is 14.7 Å². The Morgan fingerprint density at radius 1 is 1.13 bits per heavy atom. The van der Waals surface area contributed by atoms with Gasteiger partial charge in [0.15, 0.2) is 0 Å². The molecule has 8 nitrogen and oxygen atoms in total. The second-order valence-corrected chi connectivity index (χ2v) is 12.9. The van der Waals surface area contributed by atoms with E-state index >= 15 is 0 Å². The topological polar surface area (TPSA) is 100 Å². The third-order valence-corrected chi connectivity index (χ3v) is 8.98. The van der Waals surface area contributed by atoms with Crippen LogP contribution in [0.5, 0.6) is 5.75 Å². The number of likely N-dealkylation sites (N-methyl/N-ethyl adjacent to an activating group) is 1. The number of halogens is 2. The van der Waals surface area contributed by atoms with Crippen LogP contribution in [-0.4, -0.2) is 67.3 Å². The first-order valence-corrected chi connectivity index (χ1v) is 16.7. The Morgan fingerprint density at radius 2 is 1.85 bits per heavy atom. The number of ether oxygens (including phenoxy) is 2. The summed E-state index contributed by atoms with van der Waals surface area (Å²) < 4.78 is 11.5. The molecule has 3 rings (SSSR count). The number of hydrogen-bond acceptors (Lipinski definition) is 6. The lowest BCUT2D eigenvalue weighted by Gasteiger charge is -2.32. The minimum absolute atomic E-state index is 0.0978. The van der Waals surface area contributed by atoms with Gasteiger partial charge in [-0.3, -0.25) is 9.59 Å². The predicted molar refractivity (Wildman–Crippen MR) is 185 cm³/mol. The molecule has 0 radical (unpaired) electrons. The molecule has 0 saturated heterocycles. The van der Waals surface area contributed by atoms with Crippen molar-refractivity contribution in [1.82, 2.24) is 15.5 Å². The van der Waals surface area contributed by atoms with Crippen LogP contribution < -0.4 is 15.4 Å². The Morgan fingerprint density at radius 3 is 2.48 bits per heavy atom. The number of hydrogen-bond donors (Lipinski definition) is 3. The van der Waals surface area contributed by atoms with Gasteiger partial charge in [-0.05, 0) is 72.7 Å². The van der Waals surface area contributed by atoms with Crippen LogP contribution in [0.4, 0.5) is 0 Å². The van der Waals surface area contributed by atoms with Crippen LogP contribution in [0.1, 0.15) is 74.8 Å². The molecule has 1 aliphatic carbocycles. The zero-order chi connectivity index (χ0) is 33.8. The molecule has 1 aliphatic rings. The molecule has 0 saturated carbocycles. The van der Waals surface area contributed by atoms with E-state index in [1.165, 1.54) is 4.90 Å². The zero-order valence-electron chi connectivity index (χ0n) is 27.4. The maximum atomic E-state index is 13.8. The maximum absolute atomic E-state index is 13.8. The van der Waals surface area contributed by atoms with Crippen molar-refractivity contribution in [1.29, 1.82) is 0 Å². The summed E-state index contributed by atoms with van der Waals surface area (Å²) in [6.45, 7) is 12.1. The zero-order valence-corrected chi connectivity index (χ0v) is 28.9. The lowest BCUT2D eigenvalue weighted by Crippen LogP contribution is -2.55. The summed E-state index contributed by atoms with van der Waals surface area (Å²) >= 11 is 12.6. The molecule has 0 spiro atoms. The highest BCUT2D eigenvalue weighted by Gasteiger charge is 2.34. The van der Waals surface area contributed by atoms with Crippen molar-refractivity contribution in [3.8, 4) is 5.75 Å². The second kappa shape index (κ2) is 18.5. The quantitative estimate of drug-likeness (QED) is 0.145. The fourth-order valence-electron chi connectivity index (χ4n) is 5.96. The maximum Gasteiger partial charge on any atom is 0.243 e. The highest BCUT2D eigenvalue weighted by Crippen LogP contribution is 2.42. The van der Waals surface area contributed by atoms with Crippen LogP contribution in [0.2, 0.25) is 10.0 Å². The highest BCUT2D eigenvalue weighted by molar-refractivity contribution is 6.34. The first-order chi connectivity index (χ1) is 22.0. The summed E-state index contributed by atoms with van der Waals surface area (Å²) in [5.41, 5.74) is 2.85. The molecular formula is C36H49Cl2N3O5. The Balaban J connectivity index is 1.82. The van der Waals surface area contributed by atoms with Gasteiger partial charge in [0.2, 0.25) is 11.8 Å². The van der Waals surface area contributed by atoms with Crippen LogP contribution in [0, 0.1) is 5.92 Å². The summed E-state index contributed by atoms with van der Waals surface area (Å²) in [6.07, 6.45) is 6.08. The molecule has 0 aliphatic heterocycles. The van der Waals surface area contributed by atoms with Crippen molar-refractivity contribution >= 4 is 35.0 Å². The van der Waals surface area contributed by atoms with Gasteiger partial charge in [-0.2, -0.15) is 0 Å². The summed E-state index contributed by atoms with van der Waals surface area (Å²) in [6, 6.07) is 9.44. The molecule has 0 heterocycles.